The second kappa shape index (κ2) is 4.86. The fourth-order valence-electron chi connectivity index (χ4n) is 2.14. The van der Waals surface area contributed by atoms with Gasteiger partial charge < -0.3 is 4.42 Å². The molecular weight excluding hydrogens is 279 g/mol. The molecule has 6 nitrogen and oxygen atoms in total. The largest absolute Gasteiger partial charge is 0.420 e. The van der Waals surface area contributed by atoms with E-state index in [1.807, 2.05) is 0 Å². The van der Waals surface area contributed by atoms with Crippen molar-refractivity contribution in [1.82, 2.24) is 4.57 Å². The number of nitrogens with zero attached hydrogens (tertiary/aromatic N) is 2. The van der Waals surface area contributed by atoms with Crippen LogP contribution in [0, 0.1) is 15.9 Å². The highest BCUT2D eigenvalue weighted by atomic mass is 19.1. The molecule has 0 unspecified atom stereocenters. The first-order chi connectivity index (χ1) is 10.1. The van der Waals surface area contributed by atoms with E-state index in [9.17, 15) is 19.3 Å². The van der Waals surface area contributed by atoms with Gasteiger partial charge in [0.1, 0.15) is 0 Å². The zero-order valence-corrected chi connectivity index (χ0v) is 10.7. The zero-order valence-electron chi connectivity index (χ0n) is 10.7. The van der Waals surface area contributed by atoms with E-state index < -0.39 is 22.2 Å². The van der Waals surface area contributed by atoms with Crippen LogP contribution in [0.15, 0.2) is 51.7 Å². The van der Waals surface area contributed by atoms with Gasteiger partial charge in [-0.25, -0.2) is 4.79 Å². The monoisotopic (exact) mass is 288 g/mol. The van der Waals surface area contributed by atoms with Gasteiger partial charge in [0, 0.05) is 6.07 Å². The van der Waals surface area contributed by atoms with Gasteiger partial charge in [0.15, 0.2) is 5.58 Å². The Morgan fingerprint density at radius 3 is 2.71 bits per heavy atom. The van der Waals surface area contributed by atoms with Crippen molar-refractivity contribution in [3.8, 4) is 0 Å². The SMILES string of the molecule is O=c1oc2ccccc2n1Cc1ccc([N+](=O)[O-])c(F)c1. The Hall–Kier alpha value is -2.96. The fraction of sp³-hybridized carbons (Fsp3) is 0.0714. The number of benzene rings is 2. The van der Waals surface area contributed by atoms with Crippen LogP contribution < -0.4 is 5.76 Å². The molecule has 0 fully saturated rings. The van der Waals surface area contributed by atoms with Crippen LogP contribution in [-0.4, -0.2) is 9.49 Å². The van der Waals surface area contributed by atoms with Gasteiger partial charge in [-0.15, -0.1) is 0 Å². The Bertz CT molecular complexity index is 897. The molecule has 0 amide bonds. The molecule has 0 saturated carbocycles. The molecule has 7 heteroatoms. The van der Waals surface area contributed by atoms with Crippen LogP contribution in [0.25, 0.3) is 11.1 Å². The Morgan fingerprint density at radius 2 is 2.00 bits per heavy atom. The fourth-order valence-corrected chi connectivity index (χ4v) is 2.14. The summed E-state index contributed by atoms with van der Waals surface area (Å²) in [5.74, 6) is -1.49. The molecule has 0 aliphatic rings. The van der Waals surface area contributed by atoms with Gasteiger partial charge in [-0.1, -0.05) is 18.2 Å². The van der Waals surface area contributed by atoms with E-state index in [0.29, 0.717) is 16.7 Å². The highest BCUT2D eigenvalue weighted by Gasteiger charge is 2.15. The first-order valence-corrected chi connectivity index (χ1v) is 6.07. The van der Waals surface area contributed by atoms with Gasteiger partial charge in [0.25, 0.3) is 0 Å². The quantitative estimate of drug-likeness (QED) is 0.548. The van der Waals surface area contributed by atoms with E-state index in [-0.39, 0.29) is 6.54 Å². The molecule has 0 N–H and O–H groups in total. The Balaban J connectivity index is 2.03. The van der Waals surface area contributed by atoms with E-state index in [4.69, 9.17) is 4.42 Å². The number of nitro groups is 1. The molecule has 0 atom stereocenters. The van der Waals surface area contributed by atoms with Gasteiger partial charge in [0.2, 0.25) is 5.82 Å². The molecule has 1 heterocycles. The van der Waals surface area contributed by atoms with E-state index in [1.54, 1.807) is 24.3 Å². The van der Waals surface area contributed by atoms with E-state index in [1.165, 1.54) is 10.6 Å². The summed E-state index contributed by atoms with van der Waals surface area (Å²) >= 11 is 0. The van der Waals surface area contributed by atoms with E-state index in [2.05, 4.69) is 0 Å². The maximum atomic E-state index is 13.6. The lowest BCUT2D eigenvalue weighted by Crippen LogP contribution is -2.15. The minimum absolute atomic E-state index is 0.0742. The van der Waals surface area contributed by atoms with E-state index in [0.717, 1.165) is 12.1 Å². The number of aromatic nitrogens is 1. The first-order valence-electron chi connectivity index (χ1n) is 6.07. The van der Waals surface area contributed by atoms with Crippen LogP contribution in [0.5, 0.6) is 0 Å². The van der Waals surface area contributed by atoms with Crippen molar-refractivity contribution in [3.05, 3.63) is 74.5 Å². The van der Waals surface area contributed by atoms with E-state index >= 15 is 0 Å². The van der Waals surface area contributed by atoms with Crippen molar-refractivity contribution in [2.45, 2.75) is 6.54 Å². The summed E-state index contributed by atoms with van der Waals surface area (Å²) in [6, 6.07) is 10.4. The van der Waals surface area contributed by atoms with Crippen LogP contribution in [0.2, 0.25) is 0 Å². The topological polar surface area (TPSA) is 78.3 Å². The molecule has 21 heavy (non-hydrogen) atoms. The number of hydrogen-bond donors (Lipinski definition) is 0. The number of hydrogen-bond acceptors (Lipinski definition) is 4. The molecule has 106 valence electrons. The maximum Gasteiger partial charge on any atom is 0.420 e. The molecule has 0 aliphatic carbocycles. The van der Waals surface area contributed by atoms with Gasteiger partial charge >= 0.3 is 11.4 Å². The average molecular weight is 288 g/mol. The van der Waals surface area contributed by atoms with Gasteiger partial charge in [-0.05, 0) is 23.8 Å². The minimum atomic E-state index is -0.932. The average Bonchev–Trinajstić information content (AvgIpc) is 2.75. The number of para-hydroxylation sites is 2. The third-order valence-electron chi connectivity index (χ3n) is 3.12. The molecular formula is C14H9FN2O4. The van der Waals surface area contributed by atoms with Crippen LogP contribution in [0.3, 0.4) is 0 Å². The summed E-state index contributed by atoms with van der Waals surface area (Å²) in [7, 11) is 0. The molecule has 3 aromatic rings. The maximum absolute atomic E-state index is 13.6. The lowest BCUT2D eigenvalue weighted by molar-refractivity contribution is -0.387. The number of halogens is 1. The van der Waals surface area contributed by atoms with Crippen LogP contribution in [0.1, 0.15) is 5.56 Å². The second-order valence-corrected chi connectivity index (χ2v) is 4.46. The lowest BCUT2D eigenvalue weighted by atomic mass is 10.2. The van der Waals surface area contributed by atoms with Gasteiger partial charge in [-0.3, -0.25) is 14.7 Å². The zero-order chi connectivity index (χ0) is 15.0. The van der Waals surface area contributed by atoms with Crippen LogP contribution >= 0.6 is 0 Å². The number of nitro benzene ring substituents is 1. The van der Waals surface area contributed by atoms with Gasteiger partial charge in [-0.2, -0.15) is 4.39 Å². The minimum Gasteiger partial charge on any atom is -0.408 e. The molecule has 0 bridgehead atoms. The van der Waals surface area contributed by atoms with Crippen molar-refractivity contribution in [2.24, 2.45) is 0 Å². The van der Waals surface area contributed by atoms with Crippen LogP contribution in [0.4, 0.5) is 10.1 Å². The molecule has 1 aromatic heterocycles. The predicted molar refractivity (Wildman–Crippen MR) is 72.6 cm³/mol. The summed E-state index contributed by atoms with van der Waals surface area (Å²) < 4.78 is 20.0. The third-order valence-corrected chi connectivity index (χ3v) is 3.12. The van der Waals surface area contributed by atoms with Gasteiger partial charge in [0.05, 0.1) is 17.0 Å². The summed E-state index contributed by atoms with van der Waals surface area (Å²) in [4.78, 5) is 21.6. The molecule has 0 aliphatic heterocycles. The molecule has 0 saturated heterocycles. The normalized spacial score (nSPS) is 10.9. The standard InChI is InChI=1S/C14H9FN2O4/c15-10-7-9(5-6-11(10)17(19)20)8-16-12-3-1-2-4-13(12)21-14(16)18/h1-7H,8H2. The van der Waals surface area contributed by atoms with Crippen molar-refractivity contribution in [1.29, 1.82) is 0 Å². The van der Waals surface area contributed by atoms with Crippen LogP contribution in [-0.2, 0) is 6.54 Å². The number of oxazole rings is 1. The summed E-state index contributed by atoms with van der Waals surface area (Å²) in [6.07, 6.45) is 0. The van der Waals surface area contributed by atoms with Crippen molar-refractivity contribution >= 4 is 16.8 Å². The Morgan fingerprint density at radius 1 is 1.24 bits per heavy atom. The molecule has 0 radical (unpaired) electrons. The highest BCUT2D eigenvalue weighted by Crippen LogP contribution is 2.19. The highest BCUT2D eigenvalue weighted by molar-refractivity contribution is 5.72. The van der Waals surface area contributed by atoms with Crippen molar-refractivity contribution in [3.63, 3.8) is 0 Å². The molecule has 3 rings (SSSR count). The summed E-state index contributed by atoms with van der Waals surface area (Å²) in [5, 5.41) is 10.6. The Labute approximate surface area is 117 Å². The third kappa shape index (κ3) is 2.29. The van der Waals surface area contributed by atoms with Crippen molar-refractivity contribution < 1.29 is 13.7 Å². The summed E-state index contributed by atoms with van der Waals surface area (Å²) in [5.41, 5.74) is 0.862. The number of rotatable bonds is 3. The second-order valence-electron chi connectivity index (χ2n) is 4.46. The predicted octanol–water partition coefficient (Wildman–Crippen LogP) is 2.69. The Kier molecular flexibility index (Phi) is 3.02. The molecule has 2 aromatic carbocycles. The van der Waals surface area contributed by atoms with Crippen molar-refractivity contribution in [2.75, 3.05) is 0 Å². The number of fused-ring (bicyclic) bond motifs is 1. The molecule has 0 spiro atoms. The lowest BCUT2D eigenvalue weighted by Gasteiger charge is -2.03. The summed E-state index contributed by atoms with van der Waals surface area (Å²) in [6.45, 7) is 0.0742. The smallest absolute Gasteiger partial charge is 0.408 e. The first kappa shape index (κ1) is 13.0.